The molecule has 0 atom stereocenters. The first-order valence-electron chi connectivity index (χ1n) is 7.18. The smallest absolute Gasteiger partial charge is 0.196 e. The molecule has 0 N–H and O–H groups in total. The van der Waals surface area contributed by atoms with Crippen molar-refractivity contribution in [2.45, 2.75) is 0 Å². The van der Waals surface area contributed by atoms with Crippen molar-refractivity contribution in [3.05, 3.63) is 57.8 Å². The van der Waals surface area contributed by atoms with Gasteiger partial charge in [-0.25, -0.2) is 4.98 Å². The van der Waals surface area contributed by atoms with Gasteiger partial charge >= 0.3 is 0 Å². The Balaban J connectivity index is 2.26. The lowest BCUT2D eigenvalue weighted by Gasteiger charge is -2.13. The Morgan fingerprint density at radius 3 is 2.65 bits per heavy atom. The average Bonchev–Trinajstić information content (AvgIpc) is 2.55. The maximum absolute atomic E-state index is 13.1. The lowest BCUT2D eigenvalue weighted by Crippen LogP contribution is -2.10. The van der Waals surface area contributed by atoms with Crippen LogP contribution < -0.4 is 10.3 Å². The molecule has 0 saturated carbocycles. The predicted octanol–water partition coefficient (Wildman–Crippen LogP) is 4.68. The van der Waals surface area contributed by atoms with Crippen molar-refractivity contribution < 1.29 is 0 Å². The molecule has 0 radical (unpaired) electrons. The van der Waals surface area contributed by atoms with Crippen LogP contribution >= 0.6 is 22.9 Å². The van der Waals surface area contributed by atoms with E-state index < -0.39 is 0 Å². The van der Waals surface area contributed by atoms with Crippen LogP contribution in [0.5, 0.6) is 0 Å². The highest BCUT2D eigenvalue weighted by atomic mass is 35.5. The molecular formula is C18H13ClN2OS. The Bertz CT molecular complexity index is 1130. The van der Waals surface area contributed by atoms with E-state index in [0.29, 0.717) is 10.5 Å². The zero-order valence-corrected chi connectivity index (χ0v) is 14.2. The van der Waals surface area contributed by atoms with Gasteiger partial charge in [0, 0.05) is 35.3 Å². The molecule has 0 saturated heterocycles. The maximum Gasteiger partial charge on any atom is 0.196 e. The van der Waals surface area contributed by atoms with Crippen molar-refractivity contribution in [1.29, 1.82) is 0 Å². The fourth-order valence-electron chi connectivity index (χ4n) is 2.79. The number of para-hydroxylation sites is 1. The SMILES string of the molecule is CN(C)c1ccc2sc3c(Cl)nc4ccccc4c3c(=O)c2c1. The number of hydrogen-bond acceptors (Lipinski definition) is 4. The van der Waals surface area contributed by atoms with Gasteiger partial charge < -0.3 is 4.90 Å². The number of fused-ring (bicyclic) bond motifs is 4. The average molecular weight is 341 g/mol. The van der Waals surface area contributed by atoms with Crippen LogP contribution in [0.4, 0.5) is 5.69 Å². The Labute approximate surface area is 141 Å². The zero-order valence-electron chi connectivity index (χ0n) is 12.6. The lowest BCUT2D eigenvalue weighted by atomic mass is 10.1. The minimum atomic E-state index is 0.0120. The van der Waals surface area contributed by atoms with Gasteiger partial charge in [0.1, 0.15) is 5.15 Å². The van der Waals surface area contributed by atoms with Crippen molar-refractivity contribution in [3.8, 4) is 0 Å². The van der Waals surface area contributed by atoms with Crippen molar-refractivity contribution in [3.63, 3.8) is 0 Å². The van der Waals surface area contributed by atoms with Gasteiger partial charge in [-0.05, 0) is 24.3 Å². The normalized spacial score (nSPS) is 11.4. The molecule has 2 heterocycles. The summed E-state index contributed by atoms with van der Waals surface area (Å²) in [6, 6.07) is 13.5. The molecule has 2 aromatic carbocycles. The van der Waals surface area contributed by atoms with E-state index in [9.17, 15) is 4.79 Å². The number of benzene rings is 2. The van der Waals surface area contributed by atoms with Crippen LogP contribution in [0.3, 0.4) is 0 Å². The fourth-order valence-corrected chi connectivity index (χ4v) is 4.14. The molecule has 0 unspecified atom stereocenters. The van der Waals surface area contributed by atoms with Crippen LogP contribution in [-0.2, 0) is 0 Å². The van der Waals surface area contributed by atoms with Gasteiger partial charge in [-0.3, -0.25) is 4.79 Å². The van der Waals surface area contributed by atoms with E-state index in [1.165, 1.54) is 11.3 Å². The molecule has 3 nitrogen and oxygen atoms in total. The Morgan fingerprint density at radius 1 is 1.09 bits per heavy atom. The molecule has 114 valence electrons. The fraction of sp³-hybridized carbons (Fsp3) is 0.111. The van der Waals surface area contributed by atoms with Gasteiger partial charge in [0.2, 0.25) is 0 Å². The van der Waals surface area contributed by atoms with E-state index in [4.69, 9.17) is 11.6 Å². The summed E-state index contributed by atoms with van der Waals surface area (Å²) >= 11 is 7.86. The van der Waals surface area contributed by atoms with Crippen molar-refractivity contribution in [2.75, 3.05) is 19.0 Å². The molecule has 2 aromatic heterocycles. The number of rotatable bonds is 1. The van der Waals surface area contributed by atoms with Crippen molar-refractivity contribution in [2.24, 2.45) is 0 Å². The molecule has 0 fully saturated rings. The first kappa shape index (κ1) is 14.4. The molecule has 5 heteroatoms. The minimum absolute atomic E-state index is 0.0120. The van der Waals surface area contributed by atoms with E-state index in [1.54, 1.807) is 0 Å². The van der Waals surface area contributed by atoms with E-state index in [2.05, 4.69) is 4.98 Å². The van der Waals surface area contributed by atoms with Crippen LogP contribution in [0.15, 0.2) is 47.3 Å². The van der Waals surface area contributed by atoms with Gasteiger partial charge in [0.15, 0.2) is 5.43 Å². The third-order valence-corrected chi connectivity index (χ3v) is 5.53. The van der Waals surface area contributed by atoms with Gasteiger partial charge in [-0.2, -0.15) is 0 Å². The number of aromatic nitrogens is 1. The largest absolute Gasteiger partial charge is 0.378 e. The zero-order chi connectivity index (χ0) is 16.1. The number of halogens is 1. The third-order valence-electron chi connectivity index (χ3n) is 3.97. The van der Waals surface area contributed by atoms with Crippen molar-refractivity contribution >= 4 is 59.7 Å². The van der Waals surface area contributed by atoms with Crippen molar-refractivity contribution in [1.82, 2.24) is 4.98 Å². The Morgan fingerprint density at radius 2 is 1.87 bits per heavy atom. The maximum atomic E-state index is 13.1. The summed E-state index contributed by atoms with van der Waals surface area (Å²) in [5.74, 6) is 0. The van der Waals surface area contributed by atoms with Gasteiger partial charge in [0.05, 0.1) is 15.6 Å². The van der Waals surface area contributed by atoms with E-state index in [1.807, 2.05) is 61.5 Å². The molecule has 0 aliphatic rings. The first-order chi connectivity index (χ1) is 11.1. The van der Waals surface area contributed by atoms with E-state index in [-0.39, 0.29) is 5.43 Å². The molecule has 0 amide bonds. The molecule has 0 aliphatic heterocycles. The second-order valence-electron chi connectivity index (χ2n) is 5.63. The summed E-state index contributed by atoms with van der Waals surface area (Å²) < 4.78 is 1.67. The van der Waals surface area contributed by atoms with Crippen LogP contribution in [-0.4, -0.2) is 19.1 Å². The molecule has 4 aromatic rings. The van der Waals surface area contributed by atoms with Crippen LogP contribution in [0.2, 0.25) is 5.15 Å². The second kappa shape index (κ2) is 5.18. The molecular weight excluding hydrogens is 328 g/mol. The van der Waals surface area contributed by atoms with Crippen LogP contribution in [0.1, 0.15) is 0 Å². The third kappa shape index (κ3) is 2.18. The molecule has 0 aliphatic carbocycles. The quantitative estimate of drug-likeness (QED) is 0.286. The number of pyridine rings is 1. The van der Waals surface area contributed by atoms with Gasteiger partial charge in [0.25, 0.3) is 0 Å². The highest BCUT2D eigenvalue weighted by Crippen LogP contribution is 2.34. The lowest BCUT2D eigenvalue weighted by molar-refractivity contribution is 1.14. The van der Waals surface area contributed by atoms with Gasteiger partial charge in [-0.15, -0.1) is 11.3 Å². The molecule has 0 spiro atoms. The highest BCUT2D eigenvalue weighted by molar-refractivity contribution is 7.25. The molecule has 0 bridgehead atoms. The van der Waals surface area contributed by atoms with Crippen LogP contribution in [0.25, 0.3) is 31.1 Å². The highest BCUT2D eigenvalue weighted by Gasteiger charge is 2.14. The summed E-state index contributed by atoms with van der Waals surface area (Å²) in [5.41, 5.74) is 1.76. The summed E-state index contributed by atoms with van der Waals surface area (Å²) in [6.45, 7) is 0. The number of hydrogen-bond donors (Lipinski definition) is 0. The predicted molar refractivity (Wildman–Crippen MR) is 100 cm³/mol. The Hall–Kier alpha value is -2.17. The summed E-state index contributed by atoms with van der Waals surface area (Å²) in [4.78, 5) is 19.5. The Kier molecular flexibility index (Phi) is 3.25. The minimum Gasteiger partial charge on any atom is -0.378 e. The van der Waals surface area contributed by atoms with Gasteiger partial charge in [-0.1, -0.05) is 29.8 Å². The van der Waals surface area contributed by atoms with E-state index >= 15 is 0 Å². The number of nitrogens with zero attached hydrogens (tertiary/aromatic N) is 2. The summed E-state index contributed by atoms with van der Waals surface area (Å²) in [7, 11) is 3.93. The topological polar surface area (TPSA) is 33.2 Å². The van der Waals surface area contributed by atoms with E-state index in [0.717, 1.165) is 31.4 Å². The summed E-state index contributed by atoms with van der Waals surface area (Å²) in [5, 5.41) is 2.62. The monoisotopic (exact) mass is 340 g/mol. The standard InChI is InChI=1S/C18H13ClN2OS/c1-21(2)10-7-8-14-12(9-10)16(22)15-11-5-3-4-6-13(11)20-18(19)17(15)23-14/h3-9H,1-2H3. The number of anilines is 1. The summed E-state index contributed by atoms with van der Waals surface area (Å²) in [6.07, 6.45) is 0. The second-order valence-corrected chi connectivity index (χ2v) is 7.04. The molecule has 4 rings (SSSR count). The molecule has 23 heavy (non-hydrogen) atoms. The van der Waals surface area contributed by atoms with Crippen LogP contribution in [0, 0.1) is 0 Å². The first-order valence-corrected chi connectivity index (χ1v) is 8.38.